The van der Waals surface area contributed by atoms with Gasteiger partial charge in [0, 0.05) is 18.0 Å². The van der Waals surface area contributed by atoms with Crippen LogP contribution >= 0.6 is 0 Å². The molecule has 94 valence electrons. The van der Waals surface area contributed by atoms with Crippen LogP contribution in [0.1, 0.15) is 12.0 Å². The lowest BCUT2D eigenvalue weighted by Crippen LogP contribution is -2.13. The molecule has 2 nitrogen and oxygen atoms in total. The van der Waals surface area contributed by atoms with Crippen LogP contribution < -0.4 is 0 Å². The lowest BCUT2D eigenvalue weighted by molar-refractivity contribution is 0.400. The first-order chi connectivity index (χ1) is 8.77. The van der Waals surface area contributed by atoms with Crippen LogP contribution in [0.15, 0.2) is 48.8 Å². The maximum atomic E-state index is 4.20. The minimum absolute atomic E-state index is 1.11. The van der Waals surface area contributed by atoms with E-state index < -0.39 is 0 Å². The molecule has 0 bridgehead atoms. The number of benzene rings is 1. The van der Waals surface area contributed by atoms with E-state index in [0.717, 1.165) is 13.0 Å². The van der Waals surface area contributed by atoms with E-state index in [4.69, 9.17) is 0 Å². The van der Waals surface area contributed by atoms with E-state index >= 15 is 0 Å². The maximum Gasteiger partial charge on any atom is 0.0346 e. The molecule has 2 rings (SSSR count). The molecule has 18 heavy (non-hydrogen) atoms. The molecule has 2 aromatic rings. The fourth-order valence-electron chi connectivity index (χ4n) is 2.13. The summed E-state index contributed by atoms with van der Waals surface area (Å²) in [6.07, 6.45) is 6.05. The second-order valence-corrected chi connectivity index (χ2v) is 4.81. The Kier molecular flexibility index (Phi) is 4.48. The Morgan fingerprint density at radius 2 is 1.89 bits per heavy atom. The van der Waals surface area contributed by atoms with Crippen LogP contribution in [0.2, 0.25) is 0 Å². The van der Waals surface area contributed by atoms with E-state index in [2.05, 4.69) is 54.3 Å². The summed E-state index contributed by atoms with van der Waals surface area (Å²) in [5.41, 5.74) is 3.93. The van der Waals surface area contributed by atoms with E-state index in [1.54, 1.807) is 0 Å². The molecule has 0 aliphatic carbocycles. The maximum absolute atomic E-state index is 4.20. The summed E-state index contributed by atoms with van der Waals surface area (Å²) in [7, 11) is 4.24. The summed E-state index contributed by atoms with van der Waals surface area (Å²) in [5.74, 6) is 0. The molecule has 0 saturated carbocycles. The second kappa shape index (κ2) is 6.31. The molecule has 2 heteroatoms. The highest BCUT2D eigenvalue weighted by Gasteiger charge is 2.04. The first-order valence-corrected chi connectivity index (χ1v) is 6.40. The number of nitrogens with zero attached hydrogens (tertiary/aromatic N) is 2. The number of pyridine rings is 1. The van der Waals surface area contributed by atoms with Gasteiger partial charge in [-0.15, -0.1) is 0 Å². The molecule has 1 aromatic carbocycles. The van der Waals surface area contributed by atoms with Crippen molar-refractivity contribution in [1.82, 2.24) is 9.88 Å². The molecule has 0 N–H and O–H groups in total. The predicted molar refractivity (Wildman–Crippen MR) is 76.5 cm³/mol. The van der Waals surface area contributed by atoms with Crippen LogP contribution in [0.25, 0.3) is 11.1 Å². The molecule has 0 amide bonds. The van der Waals surface area contributed by atoms with Gasteiger partial charge in [-0.3, -0.25) is 4.98 Å². The Balaban J connectivity index is 2.16. The molecule has 0 unspecified atom stereocenters. The summed E-state index contributed by atoms with van der Waals surface area (Å²) >= 11 is 0. The van der Waals surface area contributed by atoms with Crippen LogP contribution in [0.5, 0.6) is 0 Å². The highest BCUT2D eigenvalue weighted by atomic mass is 15.0. The largest absolute Gasteiger partial charge is 0.309 e. The zero-order valence-corrected chi connectivity index (χ0v) is 11.1. The van der Waals surface area contributed by atoms with E-state index in [1.807, 2.05) is 18.5 Å². The van der Waals surface area contributed by atoms with Crippen molar-refractivity contribution in [2.75, 3.05) is 20.6 Å². The Hall–Kier alpha value is -1.67. The molecule has 0 saturated heterocycles. The Labute approximate surface area is 109 Å². The SMILES string of the molecule is CN(C)CCCc1ccccc1-c1cccnc1. The van der Waals surface area contributed by atoms with Crippen LogP contribution in [-0.4, -0.2) is 30.5 Å². The lowest BCUT2D eigenvalue weighted by atomic mass is 9.98. The van der Waals surface area contributed by atoms with Gasteiger partial charge in [-0.2, -0.15) is 0 Å². The molecule has 1 heterocycles. The Morgan fingerprint density at radius 1 is 1.06 bits per heavy atom. The van der Waals surface area contributed by atoms with Crippen molar-refractivity contribution >= 4 is 0 Å². The third-order valence-electron chi connectivity index (χ3n) is 3.04. The van der Waals surface area contributed by atoms with Crippen LogP contribution in [0.4, 0.5) is 0 Å². The topological polar surface area (TPSA) is 16.1 Å². The first kappa shape index (κ1) is 12.8. The fourth-order valence-corrected chi connectivity index (χ4v) is 2.13. The van der Waals surface area contributed by atoms with Gasteiger partial charge in [-0.25, -0.2) is 0 Å². The standard InChI is InChI=1S/C16H20N2/c1-18(2)12-6-9-14-7-3-4-10-16(14)15-8-5-11-17-13-15/h3-5,7-8,10-11,13H,6,9,12H2,1-2H3. The quantitative estimate of drug-likeness (QED) is 0.797. The summed E-state index contributed by atoms with van der Waals surface area (Å²) in [6.45, 7) is 1.13. The number of rotatable bonds is 5. The van der Waals surface area contributed by atoms with Crippen molar-refractivity contribution < 1.29 is 0 Å². The minimum Gasteiger partial charge on any atom is -0.309 e. The molecular formula is C16H20N2. The number of hydrogen-bond acceptors (Lipinski definition) is 2. The van der Waals surface area contributed by atoms with Crippen molar-refractivity contribution in [1.29, 1.82) is 0 Å². The van der Waals surface area contributed by atoms with Crippen LogP contribution in [0, 0.1) is 0 Å². The highest BCUT2D eigenvalue weighted by Crippen LogP contribution is 2.23. The third kappa shape index (κ3) is 3.41. The highest BCUT2D eigenvalue weighted by molar-refractivity contribution is 5.66. The smallest absolute Gasteiger partial charge is 0.0346 e. The fraction of sp³-hybridized carbons (Fsp3) is 0.312. The molecule has 0 aliphatic rings. The van der Waals surface area contributed by atoms with Gasteiger partial charge >= 0.3 is 0 Å². The van der Waals surface area contributed by atoms with Gasteiger partial charge in [0.15, 0.2) is 0 Å². The van der Waals surface area contributed by atoms with Crippen molar-refractivity contribution in [3.63, 3.8) is 0 Å². The summed E-state index contributed by atoms with van der Waals surface area (Å²) in [6, 6.07) is 12.7. The van der Waals surface area contributed by atoms with Crippen molar-refractivity contribution in [2.45, 2.75) is 12.8 Å². The molecule has 0 fully saturated rings. The van der Waals surface area contributed by atoms with Gasteiger partial charge in [0.25, 0.3) is 0 Å². The molecule has 1 aromatic heterocycles. The number of aromatic nitrogens is 1. The van der Waals surface area contributed by atoms with Gasteiger partial charge in [-0.05, 0) is 50.7 Å². The summed E-state index contributed by atoms with van der Waals surface area (Å²) in [4.78, 5) is 6.43. The first-order valence-electron chi connectivity index (χ1n) is 6.40. The van der Waals surface area contributed by atoms with Gasteiger partial charge in [-0.1, -0.05) is 30.3 Å². The van der Waals surface area contributed by atoms with Crippen molar-refractivity contribution in [2.24, 2.45) is 0 Å². The van der Waals surface area contributed by atoms with Crippen LogP contribution in [-0.2, 0) is 6.42 Å². The zero-order chi connectivity index (χ0) is 12.8. The predicted octanol–water partition coefficient (Wildman–Crippen LogP) is 3.24. The lowest BCUT2D eigenvalue weighted by Gasteiger charge is -2.12. The van der Waals surface area contributed by atoms with Crippen molar-refractivity contribution in [3.8, 4) is 11.1 Å². The van der Waals surface area contributed by atoms with Gasteiger partial charge < -0.3 is 4.90 Å². The summed E-state index contributed by atoms with van der Waals surface area (Å²) < 4.78 is 0. The van der Waals surface area contributed by atoms with E-state index in [9.17, 15) is 0 Å². The van der Waals surface area contributed by atoms with E-state index in [-0.39, 0.29) is 0 Å². The second-order valence-electron chi connectivity index (χ2n) is 4.81. The molecule has 0 atom stereocenters. The van der Waals surface area contributed by atoms with E-state index in [0.29, 0.717) is 0 Å². The molecular weight excluding hydrogens is 220 g/mol. The minimum atomic E-state index is 1.11. The molecule has 0 aliphatic heterocycles. The average molecular weight is 240 g/mol. The zero-order valence-electron chi connectivity index (χ0n) is 11.1. The average Bonchev–Trinajstić information content (AvgIpc) is 2.40. The Morgan fingerprint density at radius 3 is 2.61 bits per heavy atom. The third-order valence-corrected chi connectivity index (χ3v) is 3.04. The van der Waals surface area contributed by atoms with Gasteiger partial charge in [0.1, 0.15) is 0 Å². The van der Waals surface area contributed by atoms with Gasteiger partial charge in [0.05, 0.1) is 0 Å². The normalized spacial score (nSPS) is 10.8. The van der Waals surface area contributed by atoms with Gasteiger partial charge in [0.2, 0.25) is 0 Å². The van der Waals surface area contributed by atoms with Crippen LogP contribution in [0.3, 0.4) is 0 Å². The Bertz CT molecular complexity index is 477. The van der Waals surface area contributed by atoms with E-state index in [1.165, 1.54) is 23.1 Å². The molecule has 0 spiro atoms. The summed E-state index contributed by atoms with van der Waals surface area (Å²) in [5, 5.41) is 0. The van der Waals surface area contributed by atoms with Crippen molar-refractivity contribution in [3.05, 3.63) is 54.4 Å². The number of hydrogen-bond donors (Lipinski definition) is 0. The molecule has 0 radical (unpaired) electrons. The number of aryl methyl sites for hydroxylation is 1. The monoisotopic (exact) mass is 240 g/mol.